The molecule has 3 nitrogen and oxygen atoms in total. The van der Waals surface area contributed by atoms with Crippen LogP contribution in [0.5, 0.6) is 0 Å². The van der Waals surface area contributed by atoms with Gasteiger partial charge in [-0.25, -0.2) is 0 Å². The van der Waals surface area contributed by atoms with E-state index >= 15 is 0 Å². The smallest absolute Gasteiger partial charge is 0.157 e. The monoisotopic (exact) mass is 216 g/mol. The molecule has 2 aliphatic rings. The van der Waals surface area contributed by atoms with Gasteiger partial charge in [0.25, 0.3) is 0 Å². The number of hydrogen-bond donors (Lipinski definition) is 1. The van der Waals surface area contributed by atoms with E-state index in [4.69, 9.17) is 0 Å². The van der Waals surface area contributed by atoms with Crippen LogP contribution in [-0.4, -0.2) is 24.4 Å². The number of fused-ring (bicyclic) bond motifs is 1. The van der Waals surface area contributed by atoms with Crippen molar-refractivity contribution < 1.29 is 4.79 Å². The largest absolute Gasteiger partial charge is 0.363 e. The molecule has 84 valence electrons. The number of nitrogens with one attached hydrogen (secondary N) is 1. The standard InChI is InChI=1S/C13H16N2O/c1-15-12(8-16)14-11-5-3-2-4-10(11)13(15)9-6-7-9/h2-5,8-9,12-14H,6-7H2,1H3. The van der Waals surface area contributed by atoms with Crippen molar-refractivity contribution in [2.45, 2.75) is 25.0 Å². The molecule has 16 heavy (non-hydrogen) atoms. The molecule has 1 aromatic rings. The van der Waals surface area contributed by atoms with Gasteiger partial charge < -0.3 is 5.32 Å². The van der Waals surface area contributed by atoms with E-state index in [0.717, 1.165) is 17.9 Å². The minimum atomic E-state index is -0.180. The molecule has 3 heteroatoms. The van der Waals surface area contributed by atoms with Crippen LogP contribution in [0.2, 0.25) is 0 Å². The average molecular weight is 216 g/mol. The van der Waals surface area contributed by atoms with Crippen LogP contribution in [-0.2, 0) is 4.79 Å². The lowest BCUT2D eigenvalue weighted by molar-refractivity contribution is -0.112. The molecule has 1 aromatic carbocycles. The Kier molecular flexibility index (Phi) is 2.21. The Morgan fingerprint density at radius 3 is 2.81 bits per heavy atom. The first-order chi connectivity index (χ1) is 7.81. The fraction of sp³-hybridized carbons (Fsp3) is 0.462. The molecule has 0 bridgehead atoms. The zero-order valence-electron chi connectivity index (χ0n) is 9.39. The molecule has 0 saturated heterocycles. The molecule has 1 aliphatic carbocycles. The Labute approximate surface area is 95.4 Å². The van der Waals surface area contributed by atoms with Gasteiger partial charge in [-0.1, -0.05) is 18.2 Å². The number of likely N-dealkylation sites (N-methyl/N-ethyl adjacent to an activating group) is 1. The van der Waals surface area contributed by atoms with Crippen molar-refractivity contribution in [3.8, 4) is 0 Å². The molecule has 3 rings (SSSR count). The third-order valence-electron chi connectivity index (χ3n) is 3.66. The predicted molar refractivity (Wildman–Crippen MR) is 63.1 cm³/mol. The SMILES string of the molecule is CN1C(C=O)Nc2ccccc2C1C1CC1. The lowest BCUT2D eigenvalue weighted by atomic mass is 9.96. The second-order valence-corrected chi connectivity index (χ2v) is 4.76. The van der Waals surface area contributed by atoms with Crippen LogP contribution < -0.4 is 5.32 Å². The van der Waals surface area contributed by atoms with E-state index in [9.17, 15) is 4.79 Å². The summed E-state index contributed by atoms with van der Waals surface area (Å²) in [6.07, 6.45) is 3.38. The highest BCUT2D eigenvalue weighted by atomic mass is 16.1. The van der Waals surface area contributed by atoms with Crippen LogP contribution in [0.15, 0.2) is 24.3 Å². The molecule has 2 atom stereocenters. The Bertz CT molecular complexity index is 414. The predicted octanol–water partition coefficient (Wildman–Crippen LogP) is 2.02. The summed E-state index contributed by atoms with van der Waals surface area (Å²) in [5.74, 6) is 0.732. The molecule has 0 spiro atoms. The van der Waals surface area contributed by atoms with Gasteiger partial charge in [-0.3, -0.25) is 9.69 Å². The number of carbonyl (C=O) groups excluding carboxylic acids is 1. The second-order valence-electron chi connectivity index (χ2n) is 4.76. The van der Waals surface area contributed by atoms with Crippen molar-refractivity contribution in [2.24, 2.45) is 5.92 Å². The highest BCUT2D eigenvalue weighted by Gasteiger charge is 2.40. The highest BCUT2D eigenvalue weighted by Crippen LogP contribution is 2.48. The molecule has 2 unspecified atom stereocenters. The molecule has 0 radical (unpaired) electrons. The van der Waals surface area contributed by atoms with Crippen LogP contribution in [0.1, 0.15) is 24.4 Å². The summed E-state index contributed by atoms with van der Waals surface area (Å²) in [5.41, 5.74) is 2.46. The molecule has 1 heterocycles. The van der Waals surface area contributed by atoms with E-state index in [1.54, 1.807) is 0 Å². The first kappa shape index (κ1) is 9.85. The number of para-hydroxylation sites is 1. The summed E-state index contributed by atoms with van der Waals surface area (Å²) in [5, 5.41) is 3.27. The van der Waals surface area contributed by atoms with Gasteiger partial charge in [0.2, 0.25) is 0 Å². The van der Waals surface area contributed by atoms with E-state index in [-0.39, 0.29) is 6.17 Å². The van der Waals surface area contributed by atoms with Crippen molar-refractivity contribution in [1.82, 2.24) is 4.90 Å². The fourth-order valence-corrected chi connectivity index (χ4v) is 2.67. The third kappa shape index (κ3) is 1.43. The number of nitrogens with zero attached hydrogens (tertiary/aromatic N) is 1. The summed E-state index contributed by atoms with van der Waals surface area (Å²) in [6.45, 7) is 0. The number of aldehydes is 1. The maximum atomic E-state index is 11.1. The third-order valence-corrected chi connectivity index (χ3v) is 3.66. The fourth-order valence-electron chi connectivity index (χ4n) is 2.67. The number of benzene rings is 1. The maximum absolute atomic E-state index is 11.1. The summed E-state index contributed by atoms with van der Waals surface area (Å²) < 4.78 is 0. The van der Waals surface area contributed by atoms with Crippen LogP contribution >= 0.6 is 0 Å². The van der Waals surface area contributed by atoms with Crippen LogP contribution in [0.3, 0.4) is 0 Å². The Balaban J connectivity index is 2.04. The van der Waals surface area contributed by atoms with E-state index in [1.807, 2.05) is 13.1 Å². The van der Waals surface area contributed by atoms with Gasteiger partial charge in [-0.15, -0.1) is 0 Å². The number of rotatable bonds is 2. The van der Waals surface area contributed by atoms with Gasteiger partial charge in [0.1, 0.15) is 6.17 Å². The normalized spacial score (nSPS) is 29.3. The maximum Gasteiger partial charge on any atom is 0.157 e. The van der Waals surface area contributed by atoms with Gasteiger partial charge in [-0.2, -0.15) is 0 Å². The Morgan fingerprint density at radius 1 is 1.38 bits per heavy atom. The minimum absolute atomic E-state index is 0.180. The summed E-state index contributed by atoms with van der Waals surface area (Å²) >= 11 is 0. The Morgan fingerprint density at radius 2 is 2.12 bits per heavy atom. The lowest BCUT2D eigenvalue weighted by Gasteiger charge is -2.39. The number of hydrogen-bond acceptors (Lipinski definition) is 3. The van der Waals surface area contributed by atoms with Crippen LogP contribution in [0.25, 0.3) is 0 Å². The zero-order valence-corrected chi connectivity index (χ0v) is 9.39. The van der Waals surface area contributed by atoms with Crippen molar-refractivity contribution in [3.63, 3.8) is 0 Å². The van der Waals surface area contributed by atoms with Gasteiger partial charge >= 0.3 is 0 Å². The molecule has 0 amide bonds. The van der Waals surface area contributed by atoms with E-state index < -0.39 is 0 Å². The van der Waals surface area contributed by atoms with E-state index in [0.29, 0.717) is 6.04 Å². The minimum Gasteiger partial charge on any atom is -0.363 e. The molecule has 1 N–H and O–H groups in total. The summed E-state index contributed by atoms with van der Waals surface area (Å²) in [6, 6.07) is 8.73. The van der Waals surface area contributed by atoms with Crippen molar-refractivity contribution in [2.75, 3.05) is 12.4 Å². The van der Waals surface area contributed by atoms with Crippen LogP contribution in [0.4, 0.5) is 5.69 Å². The van der Waals surface area contributed by atoms with Gasteiger partial charge in [0.15, 0.2) is 6.29 Å². The van der Waals surface area contributed by atoms with Crippen LogP contribution in [0, 0.1) is 5.92 Å². The van der Waals surface area contributed by atoms with Gasteiger partial charge in [0.05, 0.1) is 0 Å². The average Bonchev–Trinajstić information content (AvgIpc) is 3.12. The first-order valence-electron chi connectivity index (χ1n) is 5.84. The van der Waals surface area contributed by atoms with Crippen molar-refractivity contribution in [3.05, 3.63) is 29.8 Å². The van der Waals surface area contributed by atoms with Crippen molar-refractivity contribution in [1.29, 1.82) is 0 Å². The zero-order chi connectivity index (χ0) is 11.1. The van der Waals surface area contributed by atoms with E-state index in [1.165, 1.54) is 18.4 Å². The molecule has 0 aromatic heterocycles. The lowest BCUT2D eigenvalue weighted by Crippen LogP contribution is -2.46. The van der Waals surface area contributed by atoms with E-state index in [2.05, 4.69) is 28.4 Å². The Hall–Kier alpha value is -1.35. The highest BCUT2D eigenvalue weighted by molar-refractivity contribution is 5.68. The summed E-state index contributed by atoms with van der Waals surface area (Å²) in [7, 11) is 2.03. The summed E-state index contributed by atoms with van der Waals surface area (Å²) in [4.78, 5) is 13.2. The number of carbonyl (C=O) groups is 1. The molecular weight excluding hydrogens is 200 g/mol. The van der Waals surface area contributed by atoms with Gasteiger partial charge in [0, 0.05) is 11.7 Å². The number of anilines is 1. The topological polar surface area (TPSA) is 32.3 Å². The molecule has 1 fully saturated rings. The van der Waals surface area contributed by atoms with Crippen molar-refractivity contribution >= 4 is 12.0 Å². The first-order valence-corrected chi connectivity index (χ1v) is 5.84. The molecule has 1 aliphatic heterocycles. The quantitative estimate of drug-likeness (QED) is 0.768. The van der Waals surface area contributed by atoms with Gasteiger partial charge in [-0.05, 0) is 37.4 Å². The second kappa shape index (κ2) is 3.59. The molecular formula is C13H16N2O. The molecule has 1 saturated carbocycles.